The molecule has 0 aliphatic heterocycles. The van der Waals surface area contributed by atoms with Crippen molar-refractivity contribution in [3.8, 4) is 0 Å². The molecule has 0 radical (unpaired) electrons. The maximum Gasteiger partial charge on any atom is 0.330 e. The molecule has 19 heavy (non-hydrogen) atoms. The molecule has 0 fully saturated rings. The fraction of sp³-hybridized carbons (Fsp3) is 0.500. The van der Waals surface area contributed by atoms with Crippen molar-refractivity contribution >= 4 is 11.6 Å². The average Bonchev–Trinajstić information content (AvgIpc) is 2.28. The molecule has 0 saturated heterocycles. The number of nitrogens with two attached hydrogens (primary N) is 1. The predicted octanol–water partition coefficient (Wildman–Crippen LogP) is 3.13. The number of benzene rings is 1. The zero-order valence-corrected chi connectivity index (χ0v) is 10.7. The number of rotatable bonds is 7. The molecule has 0 bridgehead atoms. The van der Waals surface area contributed by atoms with E-state index in [1.807, 2.05) is 0 Å². The van der Waals surface area contributed by atoms with Gasteiger partial charge in [0.1, 0.15) is 6.61 Å². The summed E-state index contributed by atoms with van der Waals surface area (Å²) in [5.74, 6) is -4.14. The van der Waals surface area contributed by atoms with E-state index in [1.54, 1.807) is 24.3 Å². The molecule has 0 aliphatic rings. The lowest BCUT2D eigenvalue weighted by Crippen LogP contribution is -2.36. The molecular formula is C12H14ClF4NO. The number of hydrogen-bond acceptors (Lipinski definition) is 2. The highest BCUT2D eigenvalue weighted by atomic mass is 35.5. The van der Waals surface area contributed by atoms with Crippen LogP contribution in [0.3, 0.4) is 0 Å². The minimum atomic E-state index is -4.14. The Morgan fingerprint density at radius 1 is 1.32 bits per heavy atom. The third-order valence-corrected chi connectivity index (χ3v) is 2.57. The average molecular weight is 300 g/mol. The first kappa shape index (κ1) is 16.2. The van der Waals surface area contributed by atoms with Gasteiger partial charge in [0, 0.05) is 11.1 Å². The van der Waals surface area contributed by atoms with E-state index >= 15 is 0 Å². The third-order valence-electron chi connectivity index (χ3n) is 2.33. The largest absolute Gasteiger partial charge is 0.373 e. The molecule has 1 unspecified atom stereocenters. The lowest BCUT2D eigenvalue weighted by Gasteiger charge is -2.17. The summed E-state index contributed by atoms with van der Waals surface area (Å²) in [5.41, 5.74) is 6.48. The van der Waals surface area contributed by atoms with Crippen LogP contribution in [0.1, 0.15) is 5.56 Å². The Morgan fingerprint density at radius 2 is 2.00 bits per heavy atom. The number of hydrogen-bond donors (Lipinski definition) is 1. The van der Waals surface area contributed by atoms with E-state index in [-0.39, 0.29) is 6.61 Å². The second-order valence-electron chi connectivity index (χ2n) is 4.17. The molecule has 0 heterocycles. The summed E-state index contributed by atoms with van der Waals surface area (Å²) >= 11 is 5.77. The minimum Gasteiger partial charge on any atom is -0.373 e. The molecule has 1 aromatic rings. The summed E-state index contributed by atoms with van der Waals surface area (Å²) < 4.78 is 53.3. The van der Waals surface area contributed by atoms with Crippen molar-refractivity contribution in [2.45, 2.75) is 24.8 Å². The van der Waals surface area contributed by atoms with Crippen molar-refractivity contribution in [3.05, 3.63) is 34.9 Å². The van der Waals surface area contributed by atoms with Gasteiger partial charge in [-0.15, -0.1) is 0 Å². The van der Waals surface area contributed by atoms with E-state index in [4.69, 9.17) is 17.3 Å². The van der Waals surface area contributed by atoms with Gasteiger partial charge in [-0.3, -0.25) is 0 Å². The molecule has 1 atom stereocenters. The summed E-state index contributed by atoms with van der Waals surface area (Å²) in [4.78, 5) is 0. The van der Waals surface area contributed by atoms with Crippen LogP contribution in [-0.4, -0.2) is 31.6 Å². The molecule has 108 valence electrons. The normalized spacial score (nSPS) is 13.8. The van der Waals surface area contributed by atoms with Crippen molar-refractivity contribution in [2.75, 3.05) is 13.2 Å². The highest BCUT2D eigenvalue weighted by Gasteiger charge is 2.40. The molecule has 7 heteroatoms. The Balaban J connectivity index is 2.34. The summed E-state index contributed by atoms with van der Waals surface area (Å²) in [6, 6.07) is 6.33. The van der Waals surface area contributed by atoms with E-state index in [9.17, 15) is 17.6 Å². The maximum absolute atomic E-state index is 12.5. The van der Waals surface area contributed by atoms with Gasteiger partial charge in [-0.25, -0.2) is 8.78 Å². The Morgan fingerprint density at radius 3 is 2.58 bits per heavy atom. The first-order chi connectivity index (χ1) is 8.81. The van der Waals surface area contributed by atoms with Gasteiger partial charge in [-0.1, -0.05) is 23.7 Å². The van der Waals surface area contributed by atoms with E-state index < -0.39 is 25.0 Å². The Hall–Kier alpha value is -0.850. The summed E-state index contributed by atoms with van der Waals surface area (Å²) in [6.07, 6.45) is -3.38. The smallest absolute Gasteiger partial charge is 0.330 e. The molecule has 0 aromatic heterocycles. The number of halogens is 5. The predicted molar refractivity (Wildman–Crippen MR) is 64.9 cm³/mol. The van der Waals surface area contributed by atoms with E-state index in [1.165, 1.54) is 0 Å². The fourth-order valence-corrected chi connectivity index (χ4v) is 1.65. The van der Waals surface area contributed by atoms with Crippen LogP contribution in [0.15, 0.2) is 24.3 Å². The lowest BCUT2D eigenvalue weighted by molar-refractivity contribution is -0.166. The highest BCUT2D eigenvalue weighted by Crippen LogP contribution is 2.22. The van der Waals surface area contributed by atoms with Crippen molar-refractivity contribution in [1.29, 1.82) is 0 Å². The molecule has 1 aromatic carbocycles. The van der Waals surface area contributed by atoms with Gasteiger partial charge in [0.2, 0.25) is 0 Å². The SMILES string of the molecule is NC(COCC(F)(F)C(F)F)Cc1cccc(Cl)c1. The summed E-state index contributed by atoms with van der Waals surface area (Å²) in [6.45, 7) is -1.57. The van der Waals surface area contributed by atoms with E-state index in [0.29, 0.717) is 11.4 Å². The van der Waals surface area contributed by atoms with Crippen LogP contribution in [0, 0.1) is 0 Å². The minimum absolute atomic E-state index is 0.227. The maximum atomic E-state index is 12.5. The van der Waals surface area contributed by atoms with Crippen LogP contribution in [0.5, 0.6) is 0 Å². The van der Waals surface area contributed by atoms with E-state index in [2.05, 4.69) is 4.74 Å². The summed E-state index contributed by atoms with van der Waals surface area (Å²) in [7, 11) is 0. The van der Waals surface area contributed by atoms with Crippen LogP contribution in [-0.2, 0) is 11.2 Å². The van der Waals surface area contributed by atoms with Crippen molar-refractivity contribution < 1.29 is 22.3 Å². The van der Waals surface area contributed by atoms with Crippen LogP contribution in [0.4, 0.5) is 17.6 Å². The lowest BCUT2D eigenvalue weighted by atomic mass is 10.1. The second-order valence-corrected chi connectivity index (χ2v) is 4.61. The molecule has 2 nitrogen and oxygen atoms in total. The third kappa shape index (κ3) is 5.76. The molecular weight excluding hydrogens is 286 g/mol. The number of ether oxygens (including phenoxy) is 1. The molecule has 0 aliphatic carbocycles. The van der Waals surface area contributed by atoms with Gasteiger partial charge in [0.15, 0.2) is 0 Å². The van der Waals surface area contributed by atoms with Gasteiger partial charge in [0.05, 0.1) is 6.61 Å². The first-order valence-electron chi connectivity index (χ1n) is 5.55. The summed E-state index contributed by atoms with van der Waals surface area (Å²) in [5, 5.41) is 0.537. The first-order valence-corrected chi connectivity index (χ1v) is 5.93. The van der Waals surface area contributed by atoms with Crippen molar-refractivity contribution in [2.24, 2.45) is 5.73 Å². The highest BCUT2D eigenvalue weighted by molar-refractivity contribution is 6.30. The molecule has 0 spiro atoms. The zero-order valence-electron chi connectivity index (χ0n) is 9.96. The molecule has 0 saturated carbocycles. The quantitative estimate of drug-likeness (QED) is 0.785. The van der Waals surface area contributed by atoms with Crippen molar-refractivity contribution in [3.63, 3.8) is 0 Å². The molecule has 2 N–H and O–H groups in total. The monoisotopic (exact) mass is 299 g/mol. The Labute approximate surface area is 113 Å². The van der Waals surface area contributed by atoms with Crippen LogP contribution >= 0.6 is 11.6 Å². The van der Waals surface area contributed by atoms with Gasteiger partial charge in [0.25, 0.3) is 0 Å². The number of alkyl halides is 4. The van der Waals surface area contributed by atoms with Gasteiger partial charge in [-0.05, 0) is 24.1 Å². The standard InChI is InChI=1S/C12H14ClF4NO/c13-9-3-1-2-8(4-9)5-10(18)6-19-7-12(16,17)11(14)15/h1-4,10-11H,5-7,18H2. The van der Waals surface area contributed by atoms with Gasteiger partial charge in [-0.2, -0.15) is 8.78 Å². The van der Waals surface area contributed by atoms with Gasteiger partial charge < -0.3 is 10.5 Å². The topological polar surface area (TPSA) is 35.2 Å². The van der Waals surface area contributed by atoms with Crippen LogP contribution < -0.4 is 5.73 Å². The van der Waals surface area contributed by atoms with E-state index in [0.717, 1.165) is 5.56 Å². The van der Waals surface area contributed by atoms with Crippen molar-refractivity contribution in [1.82, 2.24) is 0 Å². The molecule has 1 rings (SSSR count). The zero-order chi connectivity index (χ0) is 14.5. The Kier molecular flexibility index (Phi) is 6.03. The Bertz CT molecular complexity index is 403. The van der Waals surface area contributed by atoms with Gasteiger partial charge >= 0.3 is 12.3 Å². The molecule has 0 amide bonds. The second kappa shape index (κ2) is 7.07. The fourth-order valence-electron chi connectivity index (χ4n) is 1.43. The van der Waals surface area contributed by atoms with Crippen LogP contribution in [0.2, 0.25) is 5.02 Å². The van der Waals surface area contributed by atoms with Crippen LogP contribution in [0.25, 0.3) is 0 Å².